The van der Waals surface area contributed by atoms with E-state index in [9.17, 15) is 4.79 Å². The molecular formula is C14H17N3O. The molecule has 3 rings (SSSR count). The van der Waals surface area contributed by atoms with Crippen molar-refractivity contribution in [1.29, 1.82) is 5.41 Å². The van der Waals surface area contributed by atoms with Gasteiger partial charge in [0, 0.05) is 6.54 Å². The summed E-state index contributed by atoms with van der Waals surface area (Å²) in [6.45, 7) is 2.81. The monoisotopic (exact) mass is 243 g/mol. The minimum atomic E-state index is -0.223. The Labute approximate surface area is 106 Å². The number of nitrogens with one attached hydrogen (secondary N) is 2. The third kappa shape index (κ3) is 1.98. The number of nitrogens with zero attached hydrogens (tertiary/aromatic N) is 1. The zero-order valence-electron chi connectivity index (χ0n) is 10.4. The van der Waals surface area contributed by atoms with Crippen molar-refractivity contribution in [2.24, 2.45) is 5.92 Å². The molecule has 4 heteroatoms. The molecule has 2 fully saturated rings. The van der Waals surface area contributed by atoms with Crippen molar-refractivity contribution in [1.82, 2.24) is 10.2 Å². The van der Waals surface area contributed by atoms with Crippen molar-refractivity contribution >= 4 is 11.9 Å². The predicted octanol–water partition coefficient (Wildman–Crippen LogP) is 2.45. The minimum Gasteiger partial charge on any atom is -0.310 e. The summed E-state index contributed by atoms with van der Waals surface area (Å²) in [4.78, 5) is 13.7. The fourth-order valence-corrected chi connectivity index (χ4v) is 2.39. The molecule has 4 nitrogen and oxygen atoms in total. The van der Waals surface area contributed by atoms with Gasteiger partial charge in [-0.15, -0.1) is 0 Å². The molecule has 18 heavy (non-hydrogen) atoms. The van der Waals surface area contributed by atoms with Crippen molar-refractivity contribution in [2.45, 2.75) is 25.8 Å². The summed E-state index contributed by atoms with van der Waals surface area (Å²) < 4.78 is 0. The highest BCUT2D eigenvalue weighted by atomic mass is 16.2. The number of amides is 2. The number of hydrogen-bond acceptors (Lipinski definition) is 2. The predicted molar refractivity (Wildman–Crippen MR) is 69.6 cm³/mol. The van der Waals surface area contributed by atoms with Gasteiger partial charge in [0.2, 0.25) is 0 Å². The lowest BCUT2D eigenvalue weighted by Gasteiger charge is -2.22. The van der Waals surface area contributed by atoms with Gasteiger partial charge in [-0.1, -0.05) is 29.8 Å². The summed E-state index contributed by atoms with van der Waals surface area (Å²) in [7, 11) is 0. The second-order valence-corrected chi connectivity index (χ2v) is 5.25. The number of rotatable bonds is 3. The molecule has 0 radical (unpaired) electrons. The van der Waals surface area contributed by atoms with Crippen molar-refractivity contribution in [3.05, 3.63) is 35.4 Å². The molecule has 2 aliphatic rings. The third-order valence-electron chi connectivity index (χ3n) is 3.63. The van der Waals surface area contributed by atoms with E-state index in [-0.39, 0.29) is 12.1 Å². The Hall–Kier alpha value is -1.84. The summed E-state index contributed by atoms with van der Waals surface area (Å²) in [5.74, 6) is 0.930. The first kappa shape index (κ1) is 11.3. The van der Waals surface area contributed by atoms with Crippen molar-refractivity contribution in [3.63, 3.8) is 0 Å². The first-order valence-electron chi connectivity index (χ1n) is 6.38. The Morgan fingerprint density at radius 3 is 2.61 bits per heavy atom. The molecule has 1 atom stereocenters. The van der Waals surface area contributed by atoms with E-state index in [1.165, 1.54) is 18.4 Å². The highest BCUT2D eigenvalue weighted by Gasteiger charge is 2.39. The molecule has 1 aromatic rings. The average molecular weight is 243 g/mol. The molecular weight excluding hydrogens is 226 g/mol. The normalized spacial score (nSPS) is 23.4. The highest BCUT2D eigenvalue weighted by Crippen LogP contribution is 2.34. The molecule has 94 valence electrons. The van der Waals surface area contributed by atoms with Gasteiger partial charge in [0.1, 0.15) is 11.9 Å². The number of hydrogen-bond donors (Lipinski definition) is 2. The fraction of sp³-hybridized carbons (Fsp3) is 0.429. The van der Waals surface area contributed by atoms with Gasteiger partial charge >= 0.3 is 6.03 Å². The Bertz CT molecular complexity index is 490. The van der Waals surface area contributed by atoms with Gasteiger partial charge in [-0.3, -0.25) is 10.7 Å². The van der Waals surface area contributed by atoms with E-state index in [0.717, 1.165) is 12.1 Å². The summed E-state index contributed by atoms with van der Waals surface area (Å²) >= 11 is 0. The van der Waals surface area contributed by atoms with E-state index < -0.39 is 0 Å². The topological polar surface area (TPSA) is 56.2 Å². The average Bonchev–Trinajstić information content (AvgIpc) is 3.09. The Balaban J connectivity index is 1.88. The van der Waals surface area contributed by atoms with Gasteiger partial charge in [0.15, 0.2) is 0 Å². The van der Waals surface area contributed by atoms with Gasteiger partial charge in [-0.05, 0) is 31.2 Å². The van der Waals surface area contributed by atoms with E-state index in [4.69, 9.17) is 5.41 Å². The SMILES string of the molecule is Cc1ccc(C2C(=N)NC(=O)N2CC2CC2)cc1. The van der Waals surface area contributed by atoms with Crippen LogP contribution < -0.4 is 5.32 Å². The second-order valence-electron chi connectivity index (χ2n) is 5.25. The maximum Gasteiger partial charge on any atom is 0.323 e. The second kappa shape index (κ2) is 4.12. The third-order valence-corrected chi connectivity index (χ3v) is 3.63. The number of carbonyl (C=O) groups is 1. The lowest BCUT2D eigenvalue weighted by atomic mass is 10.0. The van der Waals surface area contributed by atoms with Gasteiger partial charge in [-0.25, -0.2) is 4.79 Å². The largest absolute Gasteiger partial charge is 0.323 e. The molecule has 2 amide bonds. The minimum absolute atomic E-state index is 0.127. The molecule has 1 aliphatic heterocycles. The zero-order chi connectivity index (χ0) is 12.7. The van der Waals surface area contributed by atoms with Crippen molar-refractivity contribution in [3.8, 4) is 0 Å². The Morgan fingerprint density at radius 2 is 2.00 bits per heavy atom. The molecule has 1 aromatic carbocycles. The maximum atomic E-state index is 11.9. The van der Waals surface area contributed by atoms with E-state index in [1.807, 2.05) is 31.2 Å². The molecule has 1 saturated carbocycles. The first-order chi connectivity index (χ1) is 8.65. The highest BCUT2D eigenvalue weighted by molar-refractivity contribution is 6.06. The van der Waals surface area contributed by atoms with Crippen LogP contribution in [0.5, 0.6) is 0 Å². The zero-order valence-corrected chi connectivity index (χ0v) is 10.4. The maximum absolute atomic E-state index is 11.9. The van der Waals surface area contributed by atoms with E-state index >= 15 is 0 Å². The van der Waals surface area contributed by atoms with E-state index in [0.29, 0.717) is 11.8 Å². The van der Waals surface area contributed by atoms with Crippen LogP contribution in [0.25, 0.3) is 0 Å². The Kier molecular flexibility index (Phi) is 2.58. The van der Waals surface area contributed by atoms with Crippen LogP contribution in [0.15, 0.2) is 24.3 Å². The van der Waals surface area contributed by atoms with Crippen LogP contribution in [-0.4, -0.2) is 23.3 Å². The number of amidine groups is 1. The van der Waals surface area contributed by atoms with Gasteiger partial charge in [0.05, 0.1) is 0 Å². The summed E-state index contributed by atoms with van der Waals surface area (Å²) in [6.07, 6.45) is 2.41. The summed E-state index contributed by atoms with van der Waals surface area (Å²) in [5, 5.41) is 10.6. The molecule has 0 aromatic heterocycles. The lowest BCUT2D eigenvalue weighted by Crippen LogP contribution is -2.31. The Morgan fingerprint density at radius 1 is 1.33 bits per heavy atom. The smallest absolute Gasteiger partial charge is 0.310 e. The molecule has 2 N–H and O–H groups in total. The number of benzene rings is 1. The van der Waals surface area contributed by atoms with Crippen LogP contribution >= 0.6 is 0 Å². The molecule has 1 saturated heterocycles. The number of urea groups is 1. The summed E-state index contributed by atoms with van der Waals surface area (Å²) in [6, 6.07) is 7.72. The first-order valence-corrected chi connectivity index (χ1v) is 6.38. The molecule has 1 aliphatic carbocycles. The lowest BCUT2D eigenvalue weighted by molar-refractivity contribution is 0.203. The fourth-order valence-electron chi connectivity index (χ4n) is 2.39. The molecule has 1 heterocycles. The van der Waals surface area contributed by atoms with Crippen LogP contribution in [0.2, 0.25) is 0 Å². The standard InChI is InChI=1S/C14H17N3O/c1-9-2-6-11(7-3-9)12-13(15)16-14(18)17(12)8-10-4-5-10/h2-3,6-7,10,12H,4-5,8H2,1H3,(H2,15,16,18). The van der Waals surface area contributed by atoms with Crippen LogP contribution in [0.4, 0.5) is 4.79 Å². The quantitative estimate of drug-likeness (QED) is 0.841. The van der Waals surface area contributed by atoms with E-state index in [1.54, 1.807) is 4.90 Å². The van der Waals surface area contributed by atoms with Crippen LogP contribution in [0, 0.1) is 18.3 Å². The van der Waals surface area contributed by atoms with Gasteiger partial charge < -0.3 is 4.90 Å². The molecule has 0 bridgehead atoms. The van der Waals surface area contributed by atoms with Crippen LogP contribution in [0.1, 0.15) is 30.0 Å². The molecule has 1 unspecified atom stereocenters. The van der Waals surface area contributed by atoms with Crippen molar-refractivity contribution in [2.75, 3.05) is 6.54 Å². The number of carbonyl (C=O) groups excluding carboxylic acids is 1. The van der Waals surface area contributed by atoms with Gasteiger partial charge in [0.25, 0.3) is 0 Å². The van der Waals surface area contributed by atoms with Crippen LogP contribution in [0.3, 0.4) is 0 Å². The summed E-state index contributed by atoms with van der Waals surface area (Å²) in [5.41, 5.74) is 2.21. The van der Waals surface area contributed by atoms with Crippen LogP contribution in [-0.2, 0) is 0 Å². The molecule has 0 spiro atoms. The van der Waals surface area contributed by atoms with Crippen molar-refractivity contribution < 1.29 is 4.79 Å². The number of aryl methyl sites for hydroxylation is 1. The van der Waals surface area contributed by atoms with Gasteiger partial charge in [-0.2, -0.15) is 0 Å². The van der Waals surface area contributed by atoms with E-state index in [2.05, 4.69) is 5.32 Å².